The van der Waals surface area contributed by atoms with Gasteiger partial charge in [-0.1, -0.05) is 0 Å². The van der Waals surface area contributed by atoms with Gasteiger partial charge in [-0.05, 0) is 47.5 Å². The van der Waals surface area contributed by atoms with Crippen LogP contribution in [0.5, 0.6) is 0 Å². The molecule has 0 radical (unpaired) electrons. The molecule has 2 amide bonds. The van der Waals surface area contributed by atoms with E-state index in [4.69, 9.17) is 0 Å². The lowest BCUT2D eigenvalue weighted by Crippen LogP contribution is -2.59. The lowest BCUT2D eigenvalue weighted by Gasteiger charge is -2.43. The average Bonchev–Trinajstić information content (AvgIpc) is 2.46. The Balaban J connectivity index is 1.82. The average molecular weight is 338 g/mol. The van der Waals surface area contributed by atoms with Crippen LogP contribution in [0.3, 0.4) is 0 Å². The molecule has 2 aliphatic heterocycles. The van der Waals surface area contributed by atoms with E-state index < -0.39 is 0 Å². The highest BCUT2D eigenvalue weighted by Crippen LogP contribution is 2.20. The van der Waals surface area contributed by atoms with E-state index in [9.17, 15) is 9.59 Å². The van der Waals surface area contributed by atoms with Gasteiger partial charge in [0.25, 0.3) is 0 Å². The molecule has 6 heteroatoms. The number of piperazine rings is 1. The van der Waals surface area contributed by atoms with Crippen molar-refractivity contribution in [3.63, 3.8) is 0 Å². The number of carbonyl (C=O) groups excluding carboxylic acids is 2. The lowest BCUT2D eigenvalue weighted by molar-refractivity contribution is -0.143. The molecule has 0 spiro atoms. The Morgan fingerprint density at radius 2 is 1.79 bits per heavy atom. The van der Waals surface area contributed by atoms with E-state index in [1.54, 1.807) is 0 Å². The number of carbonyl (C=O) groups is 2. The van der Waals surface area contributed by atoms with Crippen LogP contribution >= 0.6 is 0 Å². The van der Waals surface area contributed by atoms with Crippen LogP contribution in [0.2, 0.25) is 0 Å². The zero-order valence-corrected chi connectivity index (χ0v) is 16.0. The van der Waals surface area contributed by atoms with E-state index in [1.165, 1.54) is 0 Å². The molecule has 0 aliphatic carbocycles. The maximum absolute atomic E-state index is 12.7. The second-order valence-corrected chi connectivity index (χ2v) is 8.39. The molecule has 0 bridgehead atoms. The molecule has 2 saturated heterocycles. The van der Waals surface area contributed by atoms with Crippen LogP contribution < -0.4 is 5.32 Å². The number of piperidine rings is 1. The summed E-state index contributed by atoms with van der Waals surface area (Å²) in [5.74, 6) is 0.367. The molecule has 2 rings (SSSR count). The maximum atomic E-state index is 12.7. The quantitative estimate of drug-likeness (QED) is 0.828. The summed E-state index contributed by atoms with van der Waals surface area (Å²) in [6, 6.07) is 0.314. The molecule has 0 saturated carbocycles. The number of hydrogen-bond donors (Lipinski definition) is 1. The predicted molar refractivity (Wildman–Crippen MR) is 95.8 cm³/mol. The van der Waals surface area contributed by atoms with Crippen LogP contribution in [0.4, 0.5) is 0 Å². The van der Waals surface area contributed by atoms with Crippen molar-refractivity contribution < 1.29 is 9.59 Å². The Bertz CT molecular complexity index is 450. The summed E-state index contributed by atoms with van der Waals surface area (Å²) in [5.41, 5.74) is -0.187. The van der Waals surface area contributed by atoms with E-state index in [1.807, 2.05) is 25.7 Å². The fraction of sp³-hybridized carbons (Fsp3) is 0.889. The van der Waals surface area contributed by atoms with Crippen LogP contribution in [0.15, 0.2) is 0 Å². The number of nitrogens with one attached hydrogen (secondary N) is 1. The molecule has 2 heterocycles. The molecule has 24 heavy (non-hydrogen) atoms. The molecule has 0 aromatic carbocycles. The normalized spacial score (nSPS) is 24.5. The SMILES string of the molecule is CC(C)N1CCC[C@@H](N2CCN(CC(=O)NC(C)(C)C)CC2)C1=O. The summed E-state index contributed by atoms with van der Waals surface area (Å²) in [6.45, 7) is 14.9. The van der Waals surface area contributed by atoms with E-state index >= 15 is 0 Å². The van der Waals surface area contributed by atoms with Crippen LogP contribution in [-0.2, 0) is 9.59 Å². The van der Waals surface area contributed by atoms with Gasteiger partial charge in [-0.25, -0.2) is 0 Å². The smallest absolute Gasteiger partial charge is 0.240 e. The highest BCUT2D eigenvalue weighted by Gasteiger charge is 2.35. The van der Waals surface area contributed by atoms with Gasteiger partial charge >= 0.3 is 0 Å². The second-order valence-electron chi connectivity index (χ2n) is 8.39. The van der Waals surface area contributed by atoms with E-state index in [-0.39, 0.29) is 29.4 Å². The summed E-state index contributed by atoms with van der Waals surface area (Å²) < 4.78 is 0. The van der Waals surface area contributed by atoms with Gasteiger partial charge in [-0.2, -0.15) is 0 Å². The Morgan fingerprint density at radius 3 is 2.33 bits per heavy atom. The van der Waals surface area contributed by atoms with Gasteiger partial charge in [-0.3, -0.25) is 19.4 Å². The van der Waals surface area contributed by atoms with Gasteiger partial charge in [0.05, 0.1) is 12.6 Å². The first-order chi connectivity index (χ1) is 11.2. The molecule has 1 N–H and O–H groups in total. The molecule has 2 fully saturated rings. The summed E-state index contributed by atoms with van der Waals surface area (Å²) in [4.78, 5) is 31.3. The zero-order chi connectivity index (χ0) is 17.9. The van der Waals surface area contributed by atoms with Crippen molar-refractivity contribution in [2.45, 2.75) is 65.1 Å². The van der Waals surface area contributed by atoms with Crippen LogP contribution in [0.1, 0.15) is 47.5 Å². The van der Waals surface area contributed by atoms with Crippen molar-refractivity contribution in [3.8, 4) is 0 Å². The first-order valence-corrected chi connectivity index (χ1v) is 9.25. The third kappa shape index (κ3) is 5.18. The summed E-state index contributed by atoms with van der Waals surface area (Å²) in [5, 5.41) is 3.01. The molecule has 6 nitrogen and oxygen atoms in total. The summed E-state index contributed by atoms with van der Waals surface area (Å²) in [6.07, 6.45) is 2.05. The van der Waals surface area contributed by atoms with Crippen molar-refractivity contribution in [2.24, 2.45) is 0 Å². The first-order valence-electron chi connectivity index (χ1n) is 9.25. The highest BCUT2D eigenvalue weighted by atomic mass is 16.2. The highest BCUT2D eigenvalue weighted by molar-refractivity contribution is 5.83. The number of nitrogens with zero attached hydrogens (tertiary/aromatic N) is 3. The maximum Gasteiger partial charge on any atom is 0.240 e. The second kappa shape index (κ2) is 7.83. The van der Waals surface area contributed by atoms with Gasteiger partial charge in [0, 0.05) is 44.3 Å². The molecule has 0 unspecified atom stereocenters. The molecule has 2 aliphatic rings. The zero-order valence-electron chi connectivity index (χ0n) is 16.0. The molecule has 138 valence electrons. The van der Waals surface area contributed by atoms with Gasteiger partial charge < -0.3 is 10.2 Å². The number of amides is 2. The minimum Gasteiger partial charge on any atom is -0.350 e. The molecular weight excluding hydrogens is 304 g/mol. The largest absolute Gasteiger partial charge is 0.350 e. The third-order valence-corrected chi connectivity index (χ3v) is 4.80. The topological polar surface area (TPSA) is 55.9 Å². The molecule has 1 atom stereocenters. The van der Waals surface area contributed by atoms with Crippen LogP contribution in [-0.4, -0.2) is 83.4 Å². The molecule has 0 aromatic rings. The number of likely N-dealkylation sites (tertiary alicyclic amines) is 1. The molecule has 0 aromatic heterocycles. The first kappa shape index (κ1) is 19.2. The van der Waals surface area contributed by atoms with Crippen LogP contribution in [0, 0.1) is 0 Å². The fourth-order valence-corrected chi connectivity index (χ4v) is 3.63. The van der Waals surface area contributed by atoms with Crippen molar-refractivity contribution in [1.82, 2.24) is 20.0 Å². The Morgan fingerprint density at radius 1 is 1.17 bits per heavy atom. The van der Waals surface area contributed by atoms with Gasteiger partial charge in [-0.15, -0.1) is 0 Å². The summed E-state index contributed by atoms with van der Waals surface area (Å²) in [7, 11) is 0. The van der Waals surface area contributed by atoms with E-state index in [0.717, 1.165) is 45.6 Å². The number of rotatable bonds is 4. The minimum atomic E-state index is -0.187. The van der Waals surface area contributed by atoms with Crippen molar-refractivity contribution in [2.75, 3.05) is 39.3 Å². The van der Waals surface area contributed by atoms with Gasteiger partial charge in [0.15, 0.2) is 0 Å². The van der Waals surface area contributed by atoms with Gasteiger partial charge in [0.2, 0.25) is 11.8 Å². The Kier molecular flexibility index (Phi) is 6.26. The summed E-state index contributed by atoms with van der Waals surface area (Å²) >= 11 is 0. The Labute approximate surface area is 146 Å². The molecular formula is C18H34N4O2. The third-order valence-electron chi connectivity index (χ3n) is 4.80. The predicted octanol–water partition coefficient (Wildman–Crippen LogP) is 0.918. The number of hydrogen-bond acceptors (Lipinski definition) is 4. The fourth-order valence-electron chi connectivity index (χ4n) is 3.63. The van der Waals surface area contributed by atoms with Gasteiger partial charge in [0.1, 0.15) is 0 Å². The van der Waals surface area contributed by atoms with Crippen molar-refractivity contribution in [1.29, 1.82) is 0 Å². The van der Waals surface area contributed by atoms with Crippen LogP contribution in [0.25, 0.3) is 0 Å². The van der Waals surface area contributed by atoms with E-state index in [0.29, 0.717) is 6.54 Å². The standard InChI is InChI=1S/C18H34N4O2/c1-14(2)22-8-6-7-15(17(22)24)21-11-9-20(10-12-21)13-16(23)19-18(3,4)5/h14-15H,6-13H2,1-5H3,(H,19,23)/t15-/m1/s1. The lowest BCUT2D eigenvalue weighted by atomic mass is 10.0. The van der Waals surface area contributed by atoms with Crippen molar-refractivity contribution >= 4 is 11.8 Å². The van der Waals surface area contributed by atoms with Crippen molar-refractivity contribution in [3.05, 3.63) is 0 Å². The Hall–Kier alpha value is -1.14. The van der Waals surface area contributed by atoms with E-state index in [2.05, 4.69) is 29.0 Å². The monoisotopic (exact) mass is 338 g/mol. The minimum absolute atomic E-state index is 0.0340.